The van der Waals surface area contributed by atoms with E-state index in [2.05, 4.69) is 14.1 Å². The highest BCUT2D eigenvalue weighted by molar-refractivity contribution is 7.00. The van der Waals surface area contributed by atoms with Gasteiger partial charge in [0.2, 0.25) is 0 Å². The molecule has 0 amide bonds. The number of ether oxygens (including phenoxy) is 2. The van der Waals surface area contributed by atoms with E-state index in [4.69, 9.17) is 9.47 Å². The number of aliphatic hydroxyl groups is 1. The van der Waals surface area contributed by atoms with Gasteiger partial charge in [-0.1, -0.05) is 12.1 Å². The summed E-state index contributed by atoms with van der Waals surface area (Å²) in [6, 6.07) is 5.39. The molecule has 0 spiro atoms. The van der Waals surface area contributed by atoms with Gasteiger partial charge < -0.3 is 19.9 Å². The van der Waals surface area contributed by atoms with Crippen LogP contribution in [0.15, 0.2) is 40.7 Å². The number of rotatable bonds is 6. The number of esters is 2. The monoisotopic (exact) mass is 403 g/mol. The van der Waals surface area contributed by atoms with Gasteiger partial charge in [-0.3, -0.25) is 0 Å². The Morgan fingerprint density at radius 1 is 1.14 bits per heavy atom. The molecule has 0 aliphatic carbocycles. The molecule has 2 heterocycles. The van der Waals surface area contributed by atoms with E-state index in [0.717, 1.165) is 11.7 Å². The molecule has 1 aliphatic heterocycles. The molecule has 148 valence electrons. The second kappa shape index (κ2) is 8.49. The van der Waals surface area contributed by atoms with Gasteiger partial charge in [-0.15, -0.1) is 0 Å². The third kappa shape index (κ3) is 3.50. The zero-order valence-electron chi connectivity index (χ0n) is 15.8. The highest BCUT2D eigenvalue weighted by Crippen LogP contribution is 2.41. The summed E-state index contributed by atoms with van der Waals surface area (Å²) in [7, 11) is 0. The van der Waals surface area contributed by atoms with Crippen molar-refractivity contribution in [3.63, 3.8) is 0 Å². The summed E-state index contributed by atoms with van der Waals surface area (Å²) in [5.74, 6) is -1.95. The van der Waals surface area contributed by atoms with Crippen LogP contribution in [0, 0.1) is 0 Å². The fraction of sp³-hybridized carbons (Fsp3) is 0.368. The van der Waals surface area contributed by atoms with Crippen LogP contribution in [0.4, 0.5) is 0 Å². The van der Waals surface area contributed by atoms with Crippen LogP contribution < -0.4 is 5.32 Å². The van der Waals surface area contributed by atoms with E-state index in [-0.39, 0.29) is 30.1 Å². The largest absolute Gasteiger partial charge is 0.463 e. The summed E-state index contributed by atoms with van der Waals surface area (Å²) in [6.07, 6.45) is 0. The Kier molecular flexibility index (Phi) is 6.05. The molecule has 3 rings (SSSR count). The second-order valence-corrected chi connectivity index (χ2v) is 6.60. The molecule has 0 fully saturated rings. The fourth-order valence-electron chi connectivity index (χ4n) is 3.32. The minimum atomic E-state index is -0.797. The van der Waals surface area contributed by atoms with Gasteiger partial charge in [0.05, 0.1) is 54.3 Å². The molecule has 9 heteroatoms. The van der Waals surface area contributed by atoms with E-state index in [9.17, 15) is 14.7 Å². The molecule has 1 aromatic carbocycles. The van der Waals surface area contributed by atoms with E-state index in [1.807, 2.05) is 6.07 Å². The van der Waals surface area contributed by atoms with Crippen LogP contribution in [0.5, 0.6) is 0 Å². The van der Waals surface area contributed by atoms with Crippen molar-refractivity contribution in [2.75, 3.05) is 19.8 Å². The summed E-state index contributed by atoms with van der Waals surface area (Å²) in [6.45, 7) is 5.05. The highest BCUT2D eigenvalue weighted by atomic mass is 32.1. The highest BCUT2D eigenvalue weighted by Gasteiger charge is 2.39. The number of carbonyl (C=O) groups excluding carboxylic acids is 2. The first-order valence-electron chi connectivity index (χ1n) is 8.90. The number of aliphatic hydroxyl groups excluding tert-OH is 1. The quantitative estimate of drug-likeness (QED) is 0.705. The van der Waals surface area contributed by atoms with Crippen molar-refractivity contribution < 1.29 is 24.2 Å². The molecule has 0 saturated carbocycles. The molecular weight excluding hydrogens is 382 g/mol. The van der Waals surface area contributed by atoms with Gasteiger partial charge in [0, 0.05) is 5.70 Å². The normalized spacial score (nSPS) is 16.9. The zero-order valence-corrected chi connectivity index (χ0v) is 16.6. The molecule has 8 nitrogen and oxygen atoms in total. The van der Waals surface area contributed by atoms with Crippen molar-refractivity contribution in [2.24, 2.45) is 0 Å². The molecular formula is C19H21N3O5S. The number of dihydropyridines is 1. The molecule has 1 aliphatic rings. The van der Waals surface area contributed by atoms with Gasteiger partial charge in [0.1, 0.15) is 11.0 Å². The number of carbonyl (C=O) groups is 2. The second-order valence-electron chi connectivity index (χ2n) is 6.07. The van der Waals surface area contributed by atoms with E-state index in [1.54, 1.807) is 32.9 Å². The van der Waals surface area contributed by atoms with Gasteiger partial charge >= 0.3 is 11.9 Å². The third-order valence-electron chi connectivity index (χ3n) is 4.42. The number of aromatic nitrogens is 2. The SMILES string of the molecule is CCOC(=O)C1=C(C)NC(CO)=C(C(=O)OCC)C1c1cccc2nsnc12. The van der Waals surface area contributed by atoms with E-state index in [0.29, 0.717) is 22.3 Å². The molecule has 0 saturated heterocycles. The lowest BCUT2D eigenvalue weighted by atomic mass is 9.79. The molecule has 1 atom stereocenters. The third-order valence-corrected chi connectivity index (χ3v) is 4.96. The molecule has 28 heavy (non-hydrogen) atoms. The van der Waals surface area contributed by atoms with Gasteiger partial charge in [-0.05, 0) is 32.4 Å². The lowest BCUT2D eigenvalue weighted by Gasteiger charge is -2.31. The van der Waals surface area contributed by atoms with Gasteiger partial charge in [0.15, 0.2) is 0 Å². The molecule has 0 radical (unpaired) electrons. The summed E-state index contributed by atoms with van der Waals surface area (Å²) < 4.78 is 19.1. The van der Waals surface area contributed by atoms with Gasteiger partial charge in [-0.25, -0.2) is 9.59 Å². The van der Waals surface area contributed by atoms with Crippen LogP contribution in [0.25, 0.3) is 11.0 Å². The Hall–Kier alpha value is -2.78. The lowest BCUT2D eigenvalue weighted by molar-refractivity contribution is -0.139. The Balaban J connectivity index is 2.28. The van der Waals surface area contributed by atoms with Gasteiger partial charge in [-0.2, -0.15) is 8.75 Å². The summed E-state index contributed by atoms with van der Waals surface area (Å²) >= 11 is 1.05. The molecule has 1 unspecified atom stereocenters. The number of nitrogens with one attached hydrogen (secondary N) is 1. The maximum atomic E-state index is 12.8. The number of hydrogen-bond donors (Lipinski definition) is 2. The predicted molar refractivity (Wildman–Crippen MR) is 103 cm³/mol. The Morgan fingerprint density at radius 3 is 2.46 bits per heavy atom. The first kappa shape index (κ1) is 20.0. The van der Waals surface area contributed by atoms with Crippen molar-refractivity contribution in [3.05, 3.63) is 46.3 Å². The topological polar surface area (TPSA) is 111 Å². The van der Waals surface area contributed by atoms with E-state index >= 15 is 0 Å². The standard InChI is InChI=1S/C19H21N3O5S/c1-4-26-18(24)14-10(3)20-13(9-23)16(19(25)27-5-2)15(14)11-7-6-8-12-17(11)22-28-21-12/h6-8,15,20,23H,4-5,9H2,1-3H3. The minimum Gasteiger partial charge on any atom is -0.463 e. The summed E-state index contributed by atoms with van der Waals surface area (Å²) in [5, 5.41) is 12.8. The van der Waals surface area contributed by atoms with Crippen LogP contribution >= 0.6 is 11.7 Å². The first-order valence-corrected chi connectivity index (χ1v) is 9.63. The van der Waals surface area contributed by atoms with E-state index < -0.39 is 24.5 Å². The number of fused-ring (bicyclic) bond motifs is 1. The van der Waals surface area contributed by atoms with E-state index in [1.165, 1.54) is 0 Å². The number of benzene rings is 1. The average molecular weight is 403 g/mol. The maximum Gasteiger partial charge on any atom is 0.336 e. The van der Waals surface area contributed by atoms with Gasteiger partial charge in [0.25, 0.3) is 0 Å². The summed E-state index contributed by atoms with van der Waals surface area (Å²) in [5.41, 5.74) is 3.11. The fourth-order valence-corrected chi connectivity index (χ4v) is 3.88. The Bertz CT molecular complexity index is 979. The minimum absolute atomic E-state index is 0.160. The molecule has 0 bridgehead atoms. The number of allylic oxidation sites excluding steroid dienone is 1. The predicted octanol–water partition coefficient (Wildman–Crippen LogP) is 2.02. The Labute approximate surface area is 166 Å². The number of hydrogen-bond acceptors (Lipinski definition) is 9. The number of nitrogens with zero attached hydrogens (tertiary/aromatic N) is 2. The lowest BCUT2D eigenvalue weighted by Crippen LogP contribution is -2.34. The van der Waals surface area contributed by atoms with Crippen LogP contribution in [-0.2, 0) is 19.1 Å². The summed E-state index contributed by atoms with van der Waals surface area (Å²) in [4.78, 5) is 25.6. The molecule has 2 N–H and O–H groups in total. The van der Waals surface area contributed by atoms with Crippen LogP contribution in [-0.4, -0.2) is 45.6 Å². The maximum absolute atomic E-state index is 12.8. The first-order chi connectivity index (χ1) is 13.5. The van der Waals surface area contributed by atoms with Crippen LogP contribution in [0.2, 0.25) is 0 Å². The van der Waals surface area contributed by atoms with Crippen molar-refractivity contribution in [2.45, 2.75) is 26.7 Å². The molecule has 2 aromatic rings. The van der Waals surface area contributed by atoms with Crippen LogP contribution in [0.1, 0.15) is 32.3 Å². The van der Waals surface area contributed by atoms with Crippen molar-refractivity contribution in [3.8, 4) is 0 Å². The average Bonchev–Trinajstić information content (AvgIpc) is 3.16. The molecule has 1 aromatic heterocycles. The van der Waals surface area contributed by atoms with Crippen LogP contribution in [0.3, 0.4) is 0 Å². The van der Waals surface area contributed by atoms with Crippen molar-refractivity contribution >= 4 is 34.7 Å². The Morgan fingerprint density at radius 2 is 1.82 bits per heavy atom. The van der Waals surface area contributed by atoms with Crippen molar-refractivity contribution in [1.29, 1.82) is 0 Å². The smallest absolute Gasteiger partial charge is 0.336 e. The van der Waals surface area contributed by atoms with Crippen molar-refractivity contribution in [1.82, 2.24) is 14.1 Å². The zero-order chi connectivity index (χ0) is 20.3.